The molecule has 2 unspecified atom stereocenters. The van der Waals surface area contributed by atoms with E-state index in [2.05, 4.69) is 20.8 Å². The molecule has 100 valence electrons. The van der Waals surface area contributed by atoms with Crippen molar-refractivity contribution in [3.8, 4) is 0 Å². The highest BCUT2D eigenvalue weighted by Gasteiger charge is 2.43. The smallest absolute Gasteiger partial charge is 0.113 e. The van der Waals surface area contributed by atoms with Crippen LogP contribution in [0.1, 0.15) is 62.0 Å². The standard InChI is InChI=1S/C15H24N2S/c1-10-7-14(2,3)9-15(16,8-10)13-17-11-5-4-6-12(11)18-13/h10H,4-9,16H2,1-3H3. The first-order valence-corrected chi connectivity index (χ1v) is 7.98. The van der Waals surface area contributed by atoms with Crippen molar-refractivity contribution in [3.63, 3.8) is 0 Å². The van der Waals surface area contributed by atoms with Crippen molar-refractivity contribution in [1.82, 2.24) is 4.98 Å². The molecule has 1 heterocycles. The molecule has 2 nitrogen and oxygen atoms in total. The molecule has 0 aliphatic heterocycles. The molecule has 0 spiro atoms. The van der Waals surface area contributed by atoms with Gasteiger partial charge in [-0.15, -0.1) is 11.3 Å². The Kier molecular flexibility index (Phi) is 2.83. The monoisotopic (exact) mass is 264 g/mol. The first-order chi connectivity index (χ1) is 8.38. The van der Waals surface area contributed by atoms with Crippen molar-refractivity contribution >= 4 is 11.3 Å². The van der Waals surface area contributed by atoms with Gasteiger partial charge in [0.25, 0.3) is 0 Å². The van der Waals surface area contributed by atoms with Crippen molar-refractivity contribution in [1.29, 1.82) is 0 Å². The third-order valence-corrected chi connectivity index (χ3v) is 5.81. The lowest BCUT2D eigenvalue weighted by atomic mass is 9.65. The van der Waals surface area contributed by atoms with E-state index in [1.807, 2.05) is 11.3 Å². The van der Waals surface area contributed by atoms with E-state index < -0.39 is 0 Å². The molecule has 0 saturated heterocycles. The van der Waals surface area contributed by atoms with Gasteiger partial charge in [-0.1, -0.05) is 20.8 Å². The van der Waals surface area contributed by atoms with Crippen molar-refractivity contribution in [2.45, 2.75) is 64.8 Å². The van der Waals surface area contributed by atoms with Crippen LogP contribution in [0.25, 0.3) is 0 Å². The Balaban J connectivity index is 1.93. The largest absolute Gasteiger partial charge is 0.319 e. The van der Waals surface area contributed by atoms with Crippen LogP contribution in [-0.2, 0) is 18.4 Å². The fourth-order valence-corrected chi connectivity index (χ4v) is 5.46. The van der Waals surface area contributed by atoms with Crippen LogP contribution in [0.15, 0.2) is 0 Å². The van der Waals surface area contributed by atoms with Crippen LogP contribution < -0.4 is 5.73 Å². The van der Waals surface area contributed by atoms with E-state index in [0.717, 1.165) is 12.8 Å². The predicted octanol–water partition coefficient (Wildman–Crippen LogP) is 3.63. The topological polar surface area (TPSA) is 38.9 Å². The van der Waals surface area contributed by atoms with Crippen molar-refractivity contribution in [3.05, 3.63) is 15.6 Å². The molecule has 2 N–H and O–H groups in total. The number of hydrogen-bond donors (Lipinski definition) is 1. The highest BCUT2D eigenvalue weighted by molar-refractivity contribution is 7.12. The van der Waals surface area contributed by atoms with Crippen LogP contribution in [0.5, 0.6) is 0 Å². The van der Waals surface area contributed by atoms with Gasteiger partial charge >= 0.3 is 0 Å². The Morgan fingerprint density at radius 3 is 2.72 bits per heavy atom. The van der Waals surface area contributed by atoms with Gasteiger partial charge in [0.2, 0.25) is 0 Å². The summed E-state index contributed by atoms with van der Waals surface area (Å²) in [4.78, 5) is 6.39. The SMILES string of the molecule is CC1CC(C)(C)CC(N)(c2nc3c(s2)CCC3)C1. The number of rotatable bonds is 1. The lowest BCUT2D eigenvalue weighted by Crippen LogP contribution is -2.46. The number of nitrogens with zero attached hydrogens (tertiary/aromatic N) is 1. The van der Waals surface area contributed by atoms with Crippen LogP contribution in [0.3, 0.4) is 0 Å². The lowest BCUT2D eigenvalue weighted by molar-refractivity contribution is 0.107. The van der Waals surface area contributed by atoms with Gasteiger partial charge in [-0.05, 0) is 49.9 Å². The maximum atomic E-state index is 6.76. The molecule has 1 aromatic rings. The van der Waals surface area contributed by atoms with E-state index in [0.29, 0.717) is 11.3 Å². The fraction of sp³-hybridized carbons (Fsp3) is 0.800. The second-order valence-electron chi connectivity index (χ2n) is 7.25. The Morgan fingerprint density at radius 1 is 1.28 bits per heavy atom. The molecular weight excluding hydrogens is 240 g/mol. The summed E-state index contributed by atoms with van der Waals surface area (Å²) in [5.41, 5.74) is 8.28. The van der Waals surface area contributed by atoms with Gasteiger partial charge in [-0.2, -0.15) is 0 Å². The number of fused-ring (bicyclic) bond motifs is 1. The van der Waals surface area contributed by atoms with Crippen LogP contribution in [0, 0.1) is 11.3 Å². The summed E-state index contributed by atoms with van der Waals surface area (Å²) >= 11 is 1.89. The first kappa shape index (κ1) is 12.6. The average molecular weight is 264 g/mol. The quantitative estimate of drug-likeness (QED) is 0.841. The van der Waals surface area contributed by atoms with Crippen molar-refractivity contribution in [2.75, 3.05) is 0 Å². The van der Waals surface area contributed by atoms with E-state index in [4.69, 9.17) is 10.7 Å². The van der Waals surface area contributed by atoms with Crippen LogP contribution >= 0.6 is 11.3 Å². The van der Waals surface area contributed by atoms with Gasteiger partial charge in [-0.25, -0.2) is 4.98 Å². The minimum absolute atomic E-state index is 0.170. The normalized spacial score (nSPS) is 34.6. The van der Waals surface area contributed by atoms with Gasteiger partial charge in [-0.3, -0.25) is 0 Å². The Morgan fingerprint density at radius 2 is 2.06 bits per heavy atom. The average Bonchev–Trinajstić information content (AvgIpc) is 2.70. The van der Waals surface area contributed by atoms with Crippen molar-refractivity contribution in [2.24, 2.45) is 17.1 Å². The van der Waals surface area contributed by atoms with E-state index in [1.165, 1.54) is 41.3 Å². The van der Waals surface area contributed by atoms with Gasteiger partial charge in [0, 0.05) is 4.88 Å². The maximum absolute atomic E-state index is 6.76. The predicted molar refractivity (Wildman–Crippen MR) is 76.8 cm³/mol. The Labute approximate surface area is 114 Å². The summed E-state index contributed by atoms with van der Waals surface area (Å²) in [5.74, 6) is 0.706. The summed E-state index contributed by atoms with van der Waals surface area (Å²) in [6.07, 6.45) is 7.15. The molecule has 0 aromatic carbocycles. The summed E-state index contributed by atoms with van der Waals surface area (Å²) in [6, 6.07) is 0. The minimum Gasteiger partial charge on any atom is -0.319 e. The molecular formula is C15H24N2S. The molecule has 2 aliphatic rings. The molecule has 0 radical (unpaired) electrons. The number of nitrogens with two attached hydrogens (primary N) is 1. The molecule has 3 rings (SSSR count). The van der Waals surface area contributed by atoms with Gasteiger partial charge < -0.3 is 5.73 Å². The van der Waals surface area contributed by atoms with Crippen molar-refractivity contribution < 1.29 is 0 Å². The Hall–Kier alpha value is -0.410. The molecule has 1 fully saturated rings. The van der Waals surface area contributed by atoms with Gasteiger partial charge in [0.15, 0.2) is 0 Å². The van der Waals surface area contributed by atoms with Gasteiger partial charge in [0.1, 0.15) is 5.01 Å². The third-order valence-electron chi connectivity index (χ3n) is 4.43. The molecule has 2 atom stereocenters. The highest BCUT2D eigenvalue weighted by atomic mass is 32.1. The molecule has 0 amide bonds. The zero-order valence-corrected chi connectivity index (χ0v) is 12.6. The van der Waals surface area contributed by atoms with Crippen LogP contribution in [0.2, 0.25) is 0 Å². The molecule has 2 aliphatic carbocycles. The zero-order chi connectivity index (χ0) is 13.0. The van der Waals surface area contributed by atoms with E-state index >= 15 is 0 Å². The summed E-state index contributed by atoms with van der Waals surface area (Å²) in [5, 5.41) is 1.21. The zero-order valence-electron chi connectivity index (χ0n) is 11.8. The highest BCUT2D eigenvalue weighted by Crippen LogP contribution is 2.48. The number of thiazole rings is 1. The summed E-state index contributed by atoms with van der Waals surface area (Å²) < 4.78 is 0. The second-order valence-corrected chi connectivity index (χ2v) is 8.34. The van der Waals surface area contributed by atoms with Crippen LogP contribution in [0.4, 0.5) is 0 Å². The number of aryl methyl sites for hydroxylation is 2. The van der Waals surface area contributed by atoms with Gasteiger partial charge in [0.05, 0.1) is 11.2 Å². The Bertz CT molecular complexity index is 442. The summed E-state index contributed by atoms with van der Waals surface area (Å²) in [6.45, 7) is 7.04. The molecule has 18 heavy (non-hydrogen) atoms. The fourth-order valence-electron chi connectivity index (χ4n) is 4.20. The first-order valence-electron chi connectivity index (χ1n) is 7.16. The van der Waals surface area contributed by atoms with E-state index in [-0.39, 0.29) is 5.54 Å². The molecule has 0 bridgehead atoms. The van der Waals surface area contributed by atoms with E-state index in [1.54, 1.807) is 0 Å². The number of hydrogen-bond acceptors (Lipinski definition) is 3. The minimum atomic E-state index is -0.170. The summed E-state index contributed by atoms with van der Waals surface area (Å²) in [7, 11) is 0. The third kappa shape index (κ3) is 2.12. The maximum Gasteiger partial charge on any atom is 0.113 e. The lowest BCUT2D eigenvalue weighted by Gasteiger charge is -2.44. The van der Waals surface area contributed by atoms with E-state index in [9.17, 15) is 0 Å². The molecule has 3 heteroatoms. The molecule has 1 aromatic heterocycles. The van der Waals surface area contributed by atoms with Crippen LogP contribution in [-0.4, -0.2) is 4.98 Å². The number of aromatic nitrogens is 1. The molecule has 1 saturated carbocycles. The second kappa shape index (κ2) is 4.04.